The molecular weight excluding hydrogens is 699 g/mol. The van der Waals surface area contributed by atoms with Crippen LogP contribution in [0, 0.1) is 0 Å². The van der Waals surface area contributed by atoms with E-state index in [0.29, 0.717) is 6.42 Å². The van der Waals surface area contributed by atoms with Crippen molar-refractivity contribution in [3.05, 3.63) is 24.3 Å². The molecule has 0 radical (unpaired) electrons. The van der Waals surface area contributed by atoms with Crippen molar-refractivity contribution in [1.29, 1.82) is 0 Å². The van der Waals surface area contributed by atoms with Gasteiger partial charge in [0.25, 0.3) is 0 Å². The largest absolute Gasteiger partial charge is 0.472 e. The number of carbonyl (C=O) groups is 1. The lowest BCUT2D eigenvalue weighted by Crippen LogP contribution is -2.46. The third-order valence-electron chi connectivity index (χ3n) is 10.1. The zero-order valence-corrected chi connectivity index (χ0v) is 36.0. The van der Waals surface area contributed by atoms with Crippen molar-refractivity contribution >= 4 is 13.7 Å². The molecule has 0 aliphatic heterocycles. The minimum absolute atomic E-state index is 0.0489. The number of nitrogens with two attached hydrogens (primary N) is 1. The summed E-state index contributed by atoms with van der Waals surface area (Å²) in [5, 5.41) is 24.0. The Kier molecular flexibility index (Phi) is 39.4. The molecule has 0 spiro atoms. The quantitative estimate of drug-likeness (QED) is 0.0233. The fraction of sp³-hybridized carbons (Fsp3) is 0.886. The lowest BCUT2D eigenvalue weighted by molar-refractivity contribution is -0.124. The first-order valence-electron chi connectivity index (χ1n) is 22.5. The molecule has 4 unspecified atom stereocenters. The average Bonchev–Trinajstić information content (AvgIpc) is 3.15. The summed E-state index contributed by atoms with van der Waals surface area (Å²) < 4.78 is 22.1. The minimum Gasteiger partial charge on any atom is -0.393 e. The molecule has 10 heteroatoms. The Labute approximate surface area is 332 Å². The van der Waals surface area contributed by atoms with E-state index in [-0.39, 0.29) is 19.6 Å². The van der Waals surface area contributed by atoms with Crippen molar-refractivity contribution in [2.24, 2.45) is 5.73 Å². The summed E-state index contributed by atoms with van der Waals surface area (Å²) in [4.78, 5) is 22.8. The standard InChI is InChI=1S/C44H87N2O7P/c1-3-5-7-9-11-13-15-17-18-19-20-21-22-24-26-28-30-32-34-36-43(48)42(40-53-54(50,51)52-38-37-45)46-44(49)39-41(47)35-33-31-29-27-25-23-16-14-12-10-8-6-4-2/h14,16,34,36,41-43,47-48H,3-13,15,17-33,35,37-40,45H2,1-2H3,(H,46,49)(H,50,51)/b16-14-,36-34+. The van der Waals surface area contributed by atoms with Gasteiger partial charge < -0.3 is 26.2 Å². The van der Waals surface area contributed by atoms with Crippen molar-refractivity contribution < 1.29 is 33.5 Å². The van der Waals surface area contributed by atoms with Crippen LogP contribution in [0.4, 0.5) is 0 Å². The van der Waals surface area contributed by atoms with E-state index in [1.807, 2.05) is 6.08 Å². The molecule has 0 bridgehead atoms. The number of hydrogen-bond donors (Lipinski definition) is 5. The number of hydrogen-bond acceptors (Lipinski definition) is 7. The Balaban J connectivity index is 4.30. The van der Waals surface area contributed by atoms with Gasteiger partial charge in [-0.15, -0.1) is 0 Å². The number of unbranched alkanes of at least 4 members (excludes halogenated alkanes) is 26. The predicted molar refractivity (Wildman–Crippen MR) is 227 cm³/mol. The first-order chi connectivity index (χ1) is 26.3. The second-order valence-electron chi connectivity index (χ2n) is 15.4. The van der Waals surface area contributed by atoms with E-state index in [2.05, 4.69) is 31.3 Å². The van der Waals surface area contributed by atoms with Crippen molar-refractivity contribution in [2.75, 3.05) is 19.8 Å². The van der Waals surface area contributed by atoms with Crippen LogP contribution < -0.4 is 11.1 Å². The summed E-state index contributed by atoms with van der Waals surface area (Å²) in [6, 6.07) is -0.983. The summed E-state index contributed by atoms with van der Waals surface area (Å²) in [5.74, 6) is -0.450. The maximum atomic E-state index is 12.8. The number of phosphoric ester groups is 1. The summed E-state index contributed by atoms with van der Waals surface area (Å²) in [6.45, 7) is 3.96. The topological polar surface area (TPSA) is 151 Å². The molecule has 0 aromatic heterocycles. The highest BCUT2D eigenvalue weighted by Gasteiger charge is 2.27. The van der Waals surface area contributed by atoms with Gasteiger partial charge in [0.2, 0.25) is 5.91 Å². The summed E-state index contributed by atoms with van der Waals surface area (Å²) in [6.07, 6.45) is 42.6. The number of allylic oxidation sites excluding steroid dienone is 3. The van der Waals surface area contributed by atoms with Crippen molar-refractivity contribution in [3.8, 4) is 0 Å². The summed E-state index contributed by atoms with van der Waals surface area (Å²) in [7, 11) is -4.40. The van der Waals surface area contributed by atoms with Gasteiger partial charge in [-0.25, -0.2) is 4.57 Å². The number of phosphoric acid groups is 1. The molecule has 9 nitrogen and oxygen atoms in total. The number of nitrogens with one attached hydrogen (secondary N) is 1. The normalized spacial score (nSPS) is 14.9. The second-order valence-corrected chi connectivity index (χ2v) is 16.9. The molecule has 54 heavy (non-hydrogen) atoms. The third kappa shape index (κ3) is 37.8. The van der Waals surface area contributed by atoms with E-state index >= 15 is 0 Å². The van der Waals surface area contributed by atoms with E-state index in [0.717, 1.165) is 51.4 Å². The summed E-state index contributed by atoms with van der Waals surface area (Å²) >= 11 is 0. The first kappa shape index (κ1) is 52.9. The average molecular weight is 787 g/mol. The Morgan fingerprint density at radius 1 is 0.630 bits per heavy atom. The number of aliphatic hydroxyl groups excluding tert-OH is 2. The van der Waals surface area contributed by atoms with Gasteiger partial charge >= 0.3 is 7.82 Å². The number of rotatable bonds is 42. The smallest absolute Gasteiger partial charge is 0.393 e. The lowest BCUT2D eigenvalue weighted by atomic mass is 10.0. The summed E-state index contributed by atoms with van der Waals surface area (Å²) in [5.41, 5.74) is 5.36. The van der Waals surface area contributed by atoms with Gasteiger partial charge in [0.1, 0.15) is 0 Å². The van der Waals surface area contributed by atoms with Gasteiger partial charge in [0, 0.05) is 6.54 Å². The molecule has 0 saturated carbocycles. The molecule has 1 amide bonds. The van der Waals surface area contributed by atoms with E-state index < -0.39 is 38.6 Å². The van der Waals surface area contributed by atoms with E-state index in [1.54, 1.807) is 6.08 Å². The first-order valence-corrected chi connectivity index (χ1v) is 24.0. The number of aliphatic hydroxyl groups is 2. The van der Waals surface area contributed by atoms with Crippen LogP contribution in [0.2, 0.25) is 0 Å². The molecule has 0 rings (SSSR count). The minimum atomic E-state index is -4.40. The Hall–Kier alpha value is -1.06. The molecule has 0 aliphatic carbocycles. The van der Waals surface area contributed by atoms with Gasteiger partial charge in [-0.3, -0.25) is 13.8 Å². The van der Waals surface area contributed by atoms with Gasteiger partial charge in [0.15, 0.2) is 0 Å². The molecule has 0 heterocycles. The highest BCUT2D eigenvalue weighted by atomic mass is 31.2. The Morgan fingerprint density at radius 3 is 1.50 bits per heavy atom. The molecule has 0 aromatic carbocycles. The molecule has 0 fully saturated rings. The van der Waals surface area contributed by atoms with Gasteiger partial charge in [-0.1, -0.05) is 186 Å². The van der Waals surface area contributed by atoms with E-state index in [4.69, 9.17) is 14.8 Å². The van der Waals surface area contributed by atoms with Crippen molar-refractivity contribution in [2.45, 2.75) is 231 Å². The Morgan fingerprint density at radius 2 is 1.04 bits per heavy atom. The maximum Gasteiger partial charge on any atom is 0.472 e. The van der Waals surface area contributed by atoms with Crippen LogP contribution in [-0.2, 0) is 18.4 Å². The zero-order valence-electron chi connectivity index (χ0n) is 35.1. The SMILES string of the molecule is CCCCCC/C=C\CCCCCCCC(O)CC(=O)NC(COP(=O)(O)OCCN)C(O)/C=C/CCCCCCCCCCCCCCCCCCC. The van der Waals surface area contributed by atoms with Crippen LogP contribution in [0.5, 0.6) is 0 Å². The van der Waals surface area contributed by atoms with E-state index in [1.165, 1.54) is 135 Å². The third-order valence-corrected chi connectivity index (χ3v) is 11.1. The highest BCUT2D eigenvalue weighted by Crippen LogP contribution is 2.43. The van der Waals surface area contributed by atoms with Gasteiger partial charge in [-0.2, -0.15) is 0 Å². The fourth-order valence-electron chi connectivity index (χ4n) is 6.64. The lowest BCUT2D eigenvalue weighted by Gasteiger charge is -2.24. The number of carbonyl (C=O) groups excluding carboxylic acids is 1. The van der Waals surface area contributed by atoms with Gasteiger partial charge in [-0.05, 0) is 44.9 Å². The van der Waals surface area contributed by atoms with Crippen molar-refractivity contribution in [1.82, 2.24) is 5.32 Å². The maximum absolute atomic E-state index is 12.8. The molecule has 4 atom stereocenters. The molecule has 6 N–H and O–H groups in total. The molecule has 0 aromatic rings. The van der Waals surface area contributed by atoms with Crippen LogP contribution in [0.25, 0.3) is 0 Å². The monoisotopic (exact) mass is 787 g/mol. The zero-order chi connectivity index (χ0) is 39.8. The molecule has 0 saturated heterocycles. The molecule has 320 valence electrons. The van der Waals surface area contributed by atoms with Crippen LogP contribution in [0.15, 0.2) is 24.3 Å². The van der Waals surface area contributed by atoms with Crippen LogP contribution >= 0.6 is 7.82 Å². The molecule has 0 aliphatic rings. The van der Waals surface area contributed by atoms with Gasteiger partial charge in [0.05, 0.1) is 37.9 Å². The fourth-order valence-corrected chi connectivity index (χ4v) is 7.40. The number of amides is 1. The molecular formula is C44H87N2O7P. The predicted octanol–water partition coefficient (Wildman–Crippen LogP) is 11.5. The van der Waals surface area contributed by atoms with Crippen LogP contribution in [0.3, 0.4) is 0 Å². The van der Waals surface area contributed by atoms with E-state index in [9.17, 15) is 24.5 Å². The van der Waals surface area contributed by atoms with Crippen LogP contribution in [-0.4, -0.2) is 59.0 Å². The second kappa shape index (κ2) is 40.1. The Bertz CT molecular complexity index is 919. The van der Waals surface area contributed by atoms with Crippen LogP contribution in [0.1, 0.15) is 213 Å². The van der Waals surface area contributed by atoms with Crippen molar-refractivity contribution in [3.63, 3.8) is 0 Å². The highest BCUT2D eigenvalue weighted by molar-refractivity contribution is 7.47.